The van der Waals surface area contributed by atoms with Crippen LogP contribution in [0, 0.1) is 12.8 Å². The van der Waals surface area contributed by atoms with E-state index in [2.05, 4.69) is 5.32 Å². The fraction of sp³-hybridized carbons (Fsp3) is 0.500. The minimum atomic E-state index is -0.238. The molecule has 108 valence electrons. The summed E-state index contributed by atoms with van der Waals surface area (Å²) in [4.78, 5) is 25.9. The molecular formula is C16H22N2O2. The van der Waals surface area contributed by atoms with Crippen molar-refractivity contribution in [3.63, 3.8) is 0 Å². The molecule has 20 heavy (non-hydrogen) atoms. The van der Waals surface area contributed by atoms with E-state index in [1.54, 1.807) is 4.90 Å². The fourth-order valence-electron chi connectivity index (χ4n) is 2.32. The first kappa shape index (κ1) is 14.6. The molecule has 1 aromatic rings. The molecule has 1 aromatic carbocycles. The van der Waals surface area contributed by atoms with Gasteiger partial charge in [-0.15, -0.1) is 0 Å². The maximum Gasteiger partial charge on any atom is 0.227 e. The number of carbonyl (C=O) groups is 2. The van der Waals surface area contributed by atoms with Gasteiger partial charge >= 0.3 is 0 Å². The van der Waals surface area contributed by atoms with E-state index < -0.39 is 0 Å². The summed E-state index contributed by atoms with van der Waals surface area (Å²) >= 11 is 0. The number of hydrogen-bond donors (Lipinski definition) is 1. The van der Waals surface area contributed by atoms with Crippen LogP contribution in [0.15, 0.2) is 24.3 Å². The van der Waals surface area contributed by atoms with Crippen LogP contribution >= 0.6 is 0 Å². The molecule has 4 nitrogen and oxygen atoms in total. The highest BCUT2D eigenvalue weighted by Crippen LogP contribution is 2.25. The van der Waals surface area contributed by atoms with Gasteiger partial charge in [0.25, 0.3) is 0 Å². The highest BCUT2D eigenvalue weighted by molar-refractivity contribution is 6.00. The molecule has 0 spiro atoms. The highest BCUT2D eigenvalue weighted by Gasteiger charge is 2.35. The summed E-state index contributed by atoms with van der Waals surface area (Å²) in [5, 5.41) is 2.96. The van der Waals surface area contributed by atoms with Gasteiger partial charge in [0.1, 0.15) is 0 Å². The van der Waals surface area contributed by atoms with Crippen LogP contribution in [0.25, 0.3) is 0 Å². The molecule has 2 rings (SSSR count). The van der Waals surface area contributed by atoms with Crippen LogP contribution in [0.4, 0.5) is 5.69 Å². The number of nitrogens with zero attached hydrogens (tertiary/aromatic N) is 1. The highest BCUT2D eigenvalue weighted by atomic mass is 16.2. The molecule has 1 aliphatic heterocycles. The standard InChI is InChI=1S/C16H22N2O2/c1-4-12(3)17-16(20)13-9-15(19)18(10-13)14-7-5-11(2)6-8-14/h5-8,12-13H,4,9-10H2,1-3H3,(H,17,20)/t12-,13-/m0/s1. The van der Waals surface area contributed by atoms with E-state index in [-0.39, 0.29) is 23.8 Å². The lowest BCUT2D eigenvalue weighted by Gasteiger charge is -2.18. The summed E-state index contributed by atoms with van der Waals surface area (Å²) in [6, 6.07) is 7.99. The molecule has 1 N–H and O–H groups in total. The third kappa shape index (κ3) is 3.18. The smallest absolute Gasteiger partial charge is 0.227 e. The van der Waals surface area contributed by atoms with Crippen molar-refractivity contribution in [2.24, 2.45) is 5.92 Å². The molecule has 0 bridgehead atoms. The van der Waals surface area contributed by atoms with Gasteiger partial charge < -0.3 is 10.2 Å². The second-order valence-corrected chi connectivity index (χ2v) is 5.56. The Bertz CT molecular complexity index is 496. The summed E-state index contributed by atoms with van der Waals surface area (Å²) in [5.74, 6) is -0.224. The Hall–Kier alpha value is -1.84. The number of hydrogen-bond acceptors (Lipinski definition) is 2. The molecule has 2 amide bonds. The van der Waals surface area contributed by atoms with Crippen LogP contribution in [0.2, 0.25) is 0 Å². The van der Waals surface area contributed by atoms with Crippen LogP contribution < -0.4 is 10.2 Å². The average molecular weight is 274 g/mol. The van der Waals surface area contributed by atoms with Crippen molar-refractivity contribution in [3.05, 3.63) is 29.8 Å². The van der Waals surface area contributed by atoms with Crippen LogP contribution in [-0.4, -0.2) is 24.4 Å². The first-order valence-electron chi connectivity index (χ1n) is 7.18. The van der Waals surface area contributed by atoms with Crippen LogP contribution in [0.1, 0.15) is 32.3 Å². The molecule has 1 heterocycles. The van der Waals surface area contributed by atoms with Crippen molar-refractivity contribution < 1.29 is 9.59 Å². The first-order chi connectivity index (χ1) is 9.51. The number of amides is 2. The Morgan fingerprint density at radius 3 is 2.65 bits per heavy atom. The molecule has 0 unspecified atom stereocenters. The number of carbonyl (C=O) groups excluding carboxylic acids is 2. The largest absolute Gasteiger partial charge is 0.353 e. The lowest BCUT2D eigenvalue weighted by Crippen LogP contribution is -2.38. The Morgan fingerprint density at radius 1 is 1.40 bits per heavy atom. The van der Waals surface area contributed by atoms with Gasteiger partial charge in [-0.3, -0.25) is 9.59 Å². The van der Waals surface area contributed by atoms with Gasteiger partial charge in [0.05, 0.1) is 5.92 Å². The zero-order valence-corrected chi connectivity index (χ0v) is 12.3. The lowest BCUT2D eigenvalue weighted by atomic mass is 10.1. The SMILES string of the molecule is CC[C@H](C)NC(=O)[C@H]1CC(=O)N(c2ccc(C)cc2)C1. The van der Waals surface area contributed by atoms with Crippen molar-refractivity contribution in [2.45, 2.75) is 39.7 Å². The van der Waals surface area contributed by atoms with E-state index in [9.17, 15) is 9.59 Å². The van der Waals surface area contributed by atoms with Crippen molar-refractivity contribution in [1.82, 2.24) is 5.32 Å². The first-order valence-corrected chi connectivity index (χ1v) is 7.18. The van der Waals surface area contributed by atoms with Crippen LogP contribution in [-0.2, 0) is 9.59 Å². The molecule has 1 fully saturated rings. The Labute approximate surface area is 120 Å². The van der Waals surface area contributed by atoms with E-state index in [1.807, 2.05) is 45.0 Å². The predicted octanol–water partition coefficient (Wildman–Crippen LogP) is 2.26. The zero-order valence-electron chi connectivity index (χ0n) is 12.3. The summed E-state index contributed by atoms with van der Waals surface area (Å²) in [6.07, 6.45) is 1.20. The number of anilines is 1. The molecule has 2 atom stereocenters. The van der Waals surface area contributed by atoms with E-state index in [4.69, 9.17) is 0 Å². The van der Waals surface area contributed by atoms with Gasteiger partial charge in [0, 0.05) is 24.7 Å². The maximum atomic E-state index is 12.1. The molecule has 1 saturated heterocycles. The normalized spacial score (nSPS) is 20.1. The number of benzene rings is 1. The van der Waals surface area contributed by atoms with Gasteiger partial charge in [-0.1, -0.05) is 24.6 Å². The van der Waals surface area contributed by atoms with Crippen LogP contribution in [0.3, 0.4) is 0 Å². The molecule has 0 aromatic heterocycles. The van der Waals surface area contributed by atoms with Crippen molar-refractivity contribution in [1.29, 1.82) is 0 Å². The van der Waals surface area contributed by atoms with E-state index in [0.29, 0.717) is 13.0 Å². The van der Waals surface area contributed by atoms with Gasteiger partial charge in [-0.05, 0) is 32.4 Å². The van der Waals surface area contributed by atoms with E-state index in [0.717, 1.165) is 17.7 Å². The molecule has 0 radical (unpaired) electrons. The number of nitrogens with one attached hydrogen (secondary N) is 1. The predicted molar refractivity (Wildman–Crippen MR) is 79.5 cm³/mol. The van der Waals surface area contributed by atoms with Crippen molar-refractivity contribution >= 4 is 17.5 Å². The Balaban J connectivity index is 2.03. The lowest BCUT2D eigenvalue weighted by molar-refractivity contribution is -0.126. The monoisotopic (exact) mass is 274 g/mol. The molecule has 0 aliphatic carbocycles. The second-order valence-electron chi connectivity index (χ2n) is 5.56. The third-order valence-corrected chi connectivity index (χ3v) is 3.84. The number of aryl methyl sites for hydroxylation is 1. The molecular weight excluding hydrogens is 252 g/mol. The fourth-order valence-corrected chi connectivity index (χ4v) is 2.32. The van der Waals surface area contributed by atoms with Crippen LogP contribution in [0.5, 0.6) is 0 Å². The summed E-state index contributed by atoms with van der Waals surface area (Å²) < 4.78 is 0. The summed E-state index contributed by atoms with van der Waals surface area (Å²) in [6.45, 7) is 6.50. The minimum absolute atomic E-state index is 0.0117. The topological polar surface area (TPSA) is 49.4 Å². The van der Waals surface area contributed by atoms with Gasteiger partial charge in [-0.2, -0.15) is 0 Å². The van der Waals surface area contributed by atoms with Crippen molar-refractivity contribution in [2.75, 3.05) is 11.4 Å². The van der Waals surface area contributed by atoms with Gasteiger partial charge in [0.15, 0.2) is 0 Å². The summed E-state index contributed by atoms with van der Waals surface area (Å²) in [5.41, 5.74) is 2.03. The zero-order chi connectivity index (χ0) is 14.7. The quantitative estimate of drug-likeness (QED) is 0.915. The molecule has 1 aliphatic rings. The number of rotatable bonds is 4. The van der Waals surface area contributed by atoms with Crippen molar-refractivity contribution in [3.8, 4) is 0 Å². The minimum Gasteiger partial charge on any atom is -0.353 e. The van der Waals surface area contributed by atoms with Gasteiger partial charge in [0.2, 0.25) is 11.8 Å². The average Bonchev–Trinajstić information content (AvgIpc) is 2.81. The van der Waals surface area contributed by atoms with E-state index >= 15 is 0 Å². The van der Waals surface area contributed by atoms with E-state index in [1.165, 1.54) is 0 Å². The maximum absolute atomic E-state index is 12.1. The molecule has 0 saturated carbocycles. The second kappa shape index (κ2) is 6.07. The molecule has 4 heteroatoms. The Morgan fingerprint density at radius 2 is 2.05 bits per heavy atom. The third-order valence-electron chi connectivity index (χ3n) is 3.84. The summed E-state index contributed by atoms with van der Waals surface area (Å²) in [7, 11) is 0. The Kier molecular flexibility index (Phi) is 4.42. The van der Waals surface area contributed by atoms with Gasteiger partial charge in [-0.25, -0.2) is 0 Å².